The number of nitrogens with zero attached hydrogens (tertiary/aromatic N) is 3. The van der Waals surface area contributed by atoms with Gasteiger partial charge in [0.25, 0.3) is 5.91 Å². The zero-order chi connectivity index (χ0) is 18.8. The molecule has 0 spiro atoms. The highest BCUT2D eigenvalue weighted by Crippen LogP contribution is 2.23. The number of pyridine rings is 1. The molecule has 0 saturated carbocycles. The van der Waals surface area contributed by atoms with Crippen LogP contribution in [0.2, 0.25) is 0 Å². The molecule has 3 aromatic rings. The third-order valence-electron chi connectivity index (χ3n) is 4.38. The molecule has 1 fully saturated rings. The SMILES string of the molecule is N#Cc1ccnc(OC2CN(C(=O)c3cc(-c4ccc(F)cc4)c[nH]3)C2)c1. The predicted octanol–water partition coefficient (Wildman–Crippen LogP) is 2.99. The van der Waals surface area contributed by atoms with Crippen molar-refractivity contribution >= 4 is 5.91 Å². The molecule has 27 heavy (non-hydrogen) atoms. The number of rotatable bonds is 4. The number of hydrogen-bond donors (Lipinski definition) is 1. The highest BCUT2D eigenvalue weighted by molar-refractivity contribution is 5.94. The van der Waals surface area contributed by atoms with Crippen molar-refractivity contribution in [3.63, 3.8) is 0 Å². The van der Waals surface area contributed by atoms with Crippen LogP contribution in [-0.2, 0) is 0 Å². The van der Waals surface area contributed by atoms with Gasteiger partial charge >= 0.3 is 0 Å². The first-order valence-electron chi connectivity index (χ1n) is 8.39. The van der Waals surface area contributed by atoms with Gasteiger partial charge in [0.2, 0.25) is 5.88 Å². The number of benzene rings is 1. The third-order valence-corrected chi connectivity index (χ3v) is 4.38. The molecule has 0 atom stereocenters. The number of nitriles is 1. The van der Waals surface area contributed by atoms with E-state index in [0.717, 1.165) is 11.1 Å². The molecule has 1 amide bonds. The Morgan fingerprint density at radius 3 is 2.74 bits per heavy atom. The number of nitrogens with one attached hydrogen (secondary N) is 1. The molecule has 1 aromatic carbocycles. The molecule has 1 N–H and O–H groups in total. The Balaban J connectivity index is 1.36. The number of hydrogen-bond acceptors (Lipinski definition) is 4. The van der Waals surface area contributed by atoms with Crippen molar-refractivity contribution in [3.05, 3.63) is 71.9 Å². The molecule has 4 rings (SSSR count). The van der Waals surface area contributed by atoms with Crippen molar-refractivity contribution in [1.29, 1.82) is 5.26 Å². The Labute approximate surface area is 154 Å². The normalized spacial score (nSPS) is 13.7. The van der Waals surface area contributed by atoms with E-state index in [1.54, 1.807) is 41.4 Å². The third kappa shape index (κ3) is 3.51. The summed E-state index contributed by atoms with van der Waals surface area (Å²) in [6.07, 6.45) is 3.10. The number of carbonyl (C=O) groups excluding carboxylic acids is 1. The fraction of sp³-hybridized carbons (Fsp3) is 0.150. The van der Waals surface area contributed by atoms with Crippen LogP contribution in [0.5, 0.6) is 5.88 Å². The molecular weight excluding hydrogens is 347 g/mol. The van der Waals surface area contributed by atoms with E-state index in [2.05, 4.69) is 9.97 Å². The average molecular weight is 362 g/mol. The lowest BCUT2D eigenvalue weighted by Crippen LogP contribution is -2.56. The van der Waals surface area contributed by atoms with Crippen LogP contribution in [0.15, 0.2) is 54.9 Å². The van der Waals surface area contributed by atoms with Crippen molar-refractivity contribution in [2.24, 2.45) is 0 Å². The molecule has 0 unspecified atom stereocenters. The van der Waals surface area contributed by atoms with Gasteiger partial charge in [-0.05, 0) is 35.4 Å². The van der Waals surface area contributed by atoms with Gasteiger partial charge in [0, 0.05) is 18.5 Å². The van der Waals surface area contributed by atoms with Crippen molar-refractivity contribution in [1.82, 2.24) is 14.9 Å². The average Bonchev–Trinajstić information content (AvgIpc) is 3.15. The lowest BCUT2D eigenvalue weighted by molar-refractivity contribution is 0.0156. The number of halogens is 1. The summed E-state index contributed by atoms with van der Waals surface area (Å²) in [5, 5.41) is 8.90. The number of amides is 1. The fourth-order valence-corrected chi connectivity index (χ4v) is 2.89. The maximum Gasteiger partial charge on any atom is 0.270 e. The molecule has 6 nitrogen and oxygen atoms in total. The van der Waals surface area contributed by atoms with Crippen LogP contribution in [0.3, 0.4) is 0 Å². The Morgan fingerprint density at radius 2 is 2.00 bits per heavy atom. The molecule has 0 bridgehead atoms. The van der Waals surface area contributed by atoms with Crippen LogP contribution in [0, 0.1) is 17.1 Å². The number of carbonyl (C=O) groups is 1. The number of ether oxygens (including phenoxy) is 1. The van der Waals surface area contributed by atoms with Crippen LogP contribution in [0.25, 0.3) is 11.1 Å². The largest absolute Gasteiger partial charge is 0.471 e. The van der Waals surface area contributed by atoms with E-state index in [1.165, 1.54) is 18.3 Å². The van der Waals surface area contributed by atoms with Gasteiger partial charge in [0.1, 0.15) is 17.6 Å². The second-order valence-corrected chi connectivity index (χ2v) is 6.25. The van der Waals surface area contributed by atoms with Gasteiger partial charge in [0.05, 0.1) is 24.7 Å². The highest BCUT2D eigenvalue weighted by Gasteiger charge is 2.33. The van der Waals surface area contributed by atoms with E-state index >= 15 is 0 Å². The molecule has 1 saturated heterocycles. The van der Waals surface area contributed by atoms with Crippen molar-refractivity contribution in [2.45, 2.75) is 6.10 Å². The van der Waals surface area contributed by atoms with E-state index in [0.29, 0.717) is 30.2 Å². The minimum atomic E-state index is -0.299. The second-order valence-electron chi connectivity index (χ2n) is 6.25. The summed E-state index contributed by atoms with van der Waals surface area (Å²) in [5.41, 5.74) is 2.61. The summed E-state index contributed by atoms with van der Waals surface area (Å²) in [6, 6.07) is 13.1. The molecule has 0 radical (unpaired) electrons. The van der Waals surface area contributed by atoms with Crippen LogP contribution >= 0.6 is 0 Å². The van der Waals surface area contributed by atoms with Crippen LogP contribution in [0.4, 0.5) is 4.39 Å². The summed E-state index contributed by atoms with van der Waals surface area (Å²) in [4.78, 5) is 21.3. The van der Waals surface area contributed by atoms with Gasteiger partial charge in [-0.2, -0.15) is 5.26 Å². The first kappa shape index (κ1) is 16.8. The number of aromatic nitrogens is 2. The van der Waals surface area contributed by atoms with Gasteiger partial charge in [-0.25, -0.2) is 9.37 Å². The van der Waals surface area contributed by atoms with Gasteiger partial charge < -0.3 is 14.6 Å². The zero-order valence-electron chi connectivity index (χ0n) is 14.2. The summed E-state index contributed by atoms with van der Waals surface area (Å²) >= 11 is 0. The molecule has 134 valence electrons. The van der Waals surface area contributed by atoms with Crippen LogP contribution < -0.4 is 4.74 Å². The molecule has 7 heteroatoms. The summed E-state index contributed by atoms with van der Waals surface area (Å²) in [6.45, 7) is 0.893. The van der Waals surface area contributed by atoms with E-state index in [9.17, 15) is 9.18 Å². The molecule has 0 aliphatic carbocycles. The molecule has 3 heterocycles. The van der Waals surface area contributed by atoms with E-state index in [1.807, 2.05) is 6.07 Å². The quantitative estimate of drug-likeness (QED) is 0.773. The Hall–Kier alpha value is -3.66. The van der Waals surface area contributed by atoms with Crippen molar-refractivity contribution in [3.8, 4) is 23.1 Å². The topological polar surface area (TPSA) is 82.0 Å². The molecular formula is C20H15FN4O2. The van der Waals surface area contributed by atoms with Crippen molar-refractivity contribution < 1.29 is 13.9 Å². The fourth-order valence-electron chi connectivity index (χ4n) is 2.89. The maximum absolute atomic E-state index is 13.0. The Bertz CT molecular complexity index is 1020. The number of H-pyrrole nitrogens is 1. The smallest absolute Gasteiger partial charge is 0.270 e. The minimum Gasteiger partial charge on any atom is -0.471 e. The maximum atomic E-state index is 13.0. The van der Waals surface area contributed by atoms with E-state index in [-0.39, 0.29) is 17.8 Å². The first-order valence-corrected chi connectivity index (χ1v) is 8.39. The lowest BCUT2D eigenvalue weighted by Gasteiger charge is -2.38. The number of likely N-dealkylation sites (tertiary alicyclic amines) is 1. The van der Waals surface area contributed by atoms with Crippen molar-refractivity contribution in [2.75, 3.05) is 13.1 Å². The van der Waals surface area contributed by atoms with Gasteiger partial charge in [-0.15, -0.1) is 0 Å². The summed E-state index contributed by atoms with van der Waals surface area (Å²) < 4.78 is 18.7. The van der Waals surface area contributed by atoms with E-state index in [4.69, 9.17) is 10.00 Å². The van der Waals surface area contributed by atoms with Gasteiger partial charge in [-0.1, -0.05) is 12.1 Å². The Morgan fingerprint density at radius 1 is 1.22 bits per heavy atom. The Kier molecular flexibility index (Phi) is 4.30. The first-order chi connectivity index (χ1) is 13.1. The highest BCUT2D eigenvalue weighted by atomic mass is 19.1. The van der Waals surface area contributed by atoms with Crippen LogP contribution in [0.1, 0.15) is 16.1 Å². The predicted molar refractivity (Wildman–Crippen MR) is 95.5 cm³/mol. The zero-order valence-corrected chi connectivity index (χ0v) is 14.2. The van der Waals surface area contributed by atoms with Gasteiger partial charge in [0.15, 0.2) is 0 Å². The molecule has 1 aliphatic heterocycles. The monoisotopic (exact) mass is 362 g/mol. The summed E-state index contributed by atoms with van der Waals surface area (Å²) in [5.74, 6) is -0.0430. The standard InChI is InChI=1S/C20H15FN4O2/c21-16-3-1-14(2-4-16)15-8-18(24-10-15)20(26)25-11-17(12-25)27-19-7-13(9-22)5-6-23-19/h1-8,10,17,24H,11-12H2. The van der Waals surface area contributed by atoms with Gasteiger partial charge in [-0.3, -0.25) is 4.79 Å². The lowest BCUT2D eigenvalue weighted by atomic mass is 10.1. The minimum absolute atomic E-state index is 0.123. The second kappa shape index (κ2) is 6.92. The summed E-state index contributed by atoms with van der Waals surface area (Å²) in [7, 11) is 0. The molecule has 2 aromatic heterocycles. The van der Waals surface area contributed by atoms with E-state index < -0.39 is 0 Å². The number of aromatic amines is 1. The van der Waals surface area contributed by atoms with Crippen LogP contribution in [-0.4, -0.2) is 40.0 Å². The molecule has 1 aliphatic rings.